The summed E-state index contributed by atoms with van der Waals surface area (Å²) in [6.07, 6.45) is 1.60. The van der Waals surface area contributed by atoms with Crippen LogP contribution in [0.4, 0.5) is 0 Å². The van der Waals surface area contributed by atoms with Crippen molar-refractivity contribution < 1.29 is 9.53 Å². The van der Waals surface area contributed by atoms with E-state index in [0.717, 1.165) is 22.4 Å². The van der Waals surface area contributed by atoms with Gasteiger partial charge in [0.2, 0.25) is 0 Å². The van der Waals surface area contributed by atoms with Gasteiger partial charge in [0.15, 0.2) is 0 Å². The molecule has 2 rings (SSSR count). The molecule has 0 unspecified atom stereocenters. The number of hydrogen-bond donors (Lipinski definition) is 2. The number of methoxy groups -OCH3 is 1. The Kier molecular flexibility index (Phi) is 6.76. The predicted molar refractivity (Wildman–Crippen MR) is 93.1 cm³/mol. The molecule has 1 aromatic heterocycles. The first-order valence-corrected chi connectivity index (χ1v) is 8.21. The molecule has 1 aromatic carbocycles. The number of rotatable bonds is 8. The molecule has 0 fully saturated rings. The number of carbonyl (C=O) groups is 1. The average Bonchev–Trinajstić information content (AvgIpc) is 2.92. The Balaban J connectivity index is 1.95. The summed E-state index contributed by atoms with van der Waals surface area (Å²) in [5.41, 5.74) is 2.31. The van der Waals surface area contributed by atoms with Gasteiger partial charge in [0.25, 0.3) is 5.91 Å². The fourth-order valence-electron chi connectivity index (χ4n) is 2.16. The van der Waals surface area contributed by atoms with Crippen molar-refractivity contribution in [2.75, 3.05) is 33.4 Å². The van der Waals surface area contributed by atoms with Gasteiger partial charge in [0.1, 0.15) is 0 Å². The van der Waals surface area contributed by atoms with Crippen LogP contribution in [0.15, 0.2) is 34.9 Å². The topological polar surface area (TPSA) is 68.2 Å². The largest absolute Gasteiger partial charge is 0.383 e. The van der Waals surface area contributed by atoms with Gasteiger partial charge in [-0.25, -0.2) is 4.68 Å². The van der Waals surface area contributed by atoms with E-state index in [-0.39, 0.29) is 5.91 Å². The van der Waals surface area contributed by atoms with Crippen molar-refractivity contribution in [1.29, 1.82) is 0 Å². The van der Waals surface area contributed by atoms with Crippen LogP contribution in [0.1, 0.15) is 16.1 Å². The van der Waals surface area contributed by atoms with Gasteiger partial charge in [0.05, 0.1) is 29.7 Å². The minimum atomic E-state index is -0.114. The number of benzene rings is 1. The van der Waals surface area contributed by atoms with Gasteiger partial charge >= 0.3 is 0 Å². The van der Waals surface area contributed by atoms with Gasteiger partial charge in [0, 0.05) is 31.2 Å². The van der Waals surface area contributed by atoms with Gasteiger partial charge in [-0.3, -0.25) is 4.79 Å². The van der Waals surface area contributed by atoms with Crippen LogP contribution >= 0.6 is 15.9 Å². The Morgan fingerprint density at radius 1 is 1.35 bits per heavy atom. The molecule has 2 N–H and O–H groups in total. The molecule has 124 valence electrons. The van der Waals surface area contributed by atoms with Crippen LogP contribution in [0.5, 0.6) is 0 Å². The molecule has 0 aliphatic carbocycles. The first-order valence-electron chi connectivity index (χ1n) is 7.42. The maximum Gasteiger partial charge on any atom is 0.254 e. The molecule has 0 saturated heterocycles. The van der Waals surface area contributed by atoms with E-state index in [1.54, 1.807) is 18.0 Å². The van der Waals surface area contributed by atoms with E-state index in [1.807, 2.05) is 31.2 Å². The zero-order chi connectivity index (χ0) is 16.7. The van der Waals surface area contributed by atoms with Crippen LogP contribution < -0.4 is 10.6 Å². The van der Waals surface area contributed by atoms with Crippen LogP contribution in [0, 0.1) is 6.92 Å². The van der Waals surface area contributed by atoms with E-state index >= 15 is 0 Å². The number of nitrogens with zero attached hydrogens (tertiary/aromatic N) is 2. The highest BCUT2D eigenvalue weighted by molar-refractivity contribution is 9.10. The number of nitrogens with one attached hydrogen (secondary N) is 2. The first-order chi connectivity index (χ1) is 11.1. The van der Waals surface area contributed by atoms with Gasteiger partial charge in [-0.15, -0.1) is 0 Å². The highest BCUT2D eigenvalue weighted by Crippen LogP contribution is 2.18. The van der Waals surface area contributed by atoms with E-state index < -0.39 is 0 Å². The smallest absolute Gasteiger partial charge is 0.254 e. The lowest BCUT2D eigenvalue weighted by molar-refractivity contribution is 0.0953. The minimum Gasteiger partial charge on any atom is -0.383 e. The predicted octanol–water partition coefficient (Wildman–Crippen LogP) is 1.91. The molecule has 0 bridgehead atoms. The van der Waals surface area contributed by atoms with Crippen LogP contribution in [-0.2, 0) is 4.74 Å². The van der Waals surface area contributed by atoms with Crippen molar-refractivity contribution in [2.45, 2.75) is 6.92 Å². The standard InChI is InChI=1S/C16H21BrN4O2/c1-12-15(16(22)19-7-6-18-8-9-23-2)11-20-21(12)14-5-3-4-13(17)10-14/h3-5,10-11,18H,6-9H2,1-2H3,(H,19,22). The van der Waals surface area contributed by atoms with Gasteiger partial charge in [-0.05, 0) is 25.1 Å². The van der Waals surface area contributed by atoms with E-state index in [4.69, 9.17) is 4.74 Å². The molecule has 0 aliphatic heterocycles. The van der Waals surface area contributed by atoms with Gasteiger partial charge < -0.3 is 15.4 Å². The number of hydrogen-bond acceptors (Lipinski definition) is 4. The summed E-state index contributed by atoms with van der Waals surface area (Å²) in [5, 5.41) is 10.4. The molecule has 1 heterocycles. The lowest BCUT2D eigenvalue weighted by atomic mass is 10.2. The summed E-state index contributed by atoms with van der Waals surface area (Å²) in [5.74, 6) is -0.114. The molecule has 0 radical (unpaired) electrons. The average molecular weight is 381 g/mol. The molecule has 1 amide bonds. The Hall–Kier alpha value is -1.70. The third kappa shape index (κ3) is 4.89. The fourth-order valence-corrected chi connectivity index (χ4v) is 2.55. The Bertz CT molecular complexity index is 657. The Labute approximate surface area is 144 Å². The fraction of sp³-hybridized carbons (Fsp3) is 0.375. The quantitative estimate of drug-likeness (QED) is 0.686. The number of carbonyl (C=O) groups excluding carboxylic acids is 1. The van der Waals surface area contributed by atoms with E-state index in [2.05, 4.69) is 31.7 Å². The lowest BCUT2D eigenvalue weighted by Gasteiger charge is -2.07. The maximum absolute atomic E-state index is 12.2. The molecule has 0 saturated carbocycles. The molecule has 0 atom stereocenters. The van der Waals surface area contributed by atoms with Crippen molar-refractivity contribution >= 4 is 21.8 Å². The van der Waals surface area contributed by atoms with Crippen molar-refractivity contribution in [3.8, 4) is 5.69 Å². The van der Waals surface area contributed by atoms with E-state index in [0.29, 0.717) is 25.3 Å². The summed E-state index contributed by atoms with van der Waals surface area (Å²) in [7, 11) is 1.66. The second-order valence-electron chi connectivity index (χ2n) is 5.03. The first kappa shape index (κ1) is 17.7. The summed E-state index contributed by atoms with van der Waals surface area (Å²) < 4.78 is 7.67. The zero-order valence-corrected chi connectivity index (χ0v) is 14.9. The van der Waals surface area contributed by atoms with Crippen molar-refractivity contribution in [3.63, 3.8) is 0 Å². The van der Waals surface area contributed by atoms with Crippen molar-refractivity contribution in [1.82, 2.24) is 20.4 Å². The molecule has 2 aromatic rings. The third-order valence-electron chi connectivity index (χ3n) is 3.38. The van der Waals surface area contributed by atoms with E-state index in [1.165, 1.54) is 0 Å². The van der Waals surface area contributed by atoms with Crippen LogP contribution in [0.3, 0.4) is 0 Å². The van der Waals surface area contributed by atoms with Crippen molar-refractivity contribution in [3.05, 3.63) is 46.2 Å². The monoisotopic (exact) mass is 380 g/mol. The summed E-state index contributed by atoms with van der Waals surface area (Å²) in [6, 6.07) is 7.80. The number of amides is 1. The van der Waals surface area contributed by atoms with E-state index in [9.17, 15) is 4.79 Å². The highest BCUT2D eigenvalue weighted by atomic mass is 79.9. The molecular weight excluding hydrogens is 360 g/mol. The minimum absolute atomic E-state index is 0.114. The molecule has 23 heavy (non-hydrogen) atoms. The zero-order valence-electron chi connectivity index (χ0n) is 13.3. The molecule has 0 aliphatic rings. The SMILES string of the molecule is COCCNCCNC(=O)c1cnn(-c2cccc(Br)c2)c1C. The Morgan fingerprint density at radius 3 is 2.91 bits per heavy atom. The number of ether oxygens (including phenoxy) is 1. The van der Waals surface area contributed by atoms with Crippen LogP contribution in [-0.4, -0.2) is 49.0 Å². The van der Waals surface area contributed by atoms with Gasteiger partial charge in [-0.1, -0.05) is 22.0 Å². The Morgan fingerprint density at radius 2 is 2.17 bits per heavy atom. The van der Waals surface area contributed by atoms with Gasteiger partial charge in [-0.2, -0.15) is 5.10 Å². The summed E-state index contributed by atoms with van der Waals surface area (Å²) in [4.78, 5) is 12.2. The number of aromatic nitrogens is 2. The number of halogens is 1. The molecular formula is C16H21BrN4O2. The second-order valence-corrected chi connectivity index (χ2v) is 5.95. The summed E-state index contributed by atoms with van der Waals surface area (Å²) >= 11 is 3.44. The van der Waals surface area contributed by atoms with Crippen LogP contribution in [0.25, 0.3) is 5.69 Å². The highest BCUT2D eigenvalue weighted by Gasteiger charge is 2.14. The van der Waals surface area contributed by atoms with Crippen LogP contribution in [0.2, 0.25) is 0 Å². The molecule has 0 spiro atoms. The molecule has 6 nitrogen and oxygen atoms in total. The maximum atomic E-state index is 12.2. The second kappa shape index (κ2) is 8.81. The lowest BCUT2D eigenvalue weighted by Crippen LogP contribution is -2.33. The third-order valence-corrected chi connectivity index (χ3v) is 3.87. The van der Waals surface area contributed by atoms with Crippen molar-refractivity contribution in [2.24, 2.45) is 0 Å². The summed E-state index contributed by atoms with van der Waals surface area (Å²) in [6.45, 7) is 4.58. The normalized spacial score (nSPS) is 10.7. The molecule has 7 heteroatoms.